The number of hydrogen-bond acceptors (Lipinski definition) is 5. The van der Waals surface area contributed by atoms with Gasteiger partial charge in [-0.25, -0.2) is 9.78 Å². The van der Waals surface area contributed by atoms with Crippen molar-refractivity contribution < 1.29 is 13.9 Å². The van der Waals surface area contributed by atoms with E-state index in [4.69, 9.17) is 32.4 Å². The second-order valence-corrected chi connectivity index (χ2v) is 8.35. The first-order valence-corrected chi connectivity index (χ1v) is 10.1. The summed E-state index contributed by atoms with van der Waals surface area (Å²) in [7, 11) is 0. The number of rotatable bonds is 3. The first kappa shape index (κ1) is 20.5. The van der Waals surface area contributed by atoms with Gasteiger partial charge in [-0.3, -0.25) is 0 Å². The van der Waals surface area contributed by atoms with Crippen molar-refractivity contribution in [1.82, 2.24) is 10.3 Å². The zero-order valence-electron chi connectivity index (χ0n) is 15.4. The third-order valence-corrected chi connectivity index (χ3v) is 6.03. The maximum absolute atomic E-state index is 12.7. The van der Waals surface area contributed by atoms with Gasteiger partial charge in [0.25, 0.3) is 0 Å². The summed E-state index contributed by atoms with van der Waals surface area (Å²) in [6.45, 7) is 0.926. The number of nitrogens with zero attached hydrogens (tertiary/aromatic N) is 1. The highest BCUT2D eigenvalue weighted by Gasteiger charge is 2.37. The Bertz CT molecular complexity index is 1040. The van der Waals surface area contributed by atoms with Gasteiger partial charge in [0.2, 0.25) is 5.89 Å². The average Bonchev–Trinajstić information content (AvgIpc) is 3.11. The van der Waals surface area contributed by atoms with Crippen molar-refractivity contribution in [2.24, 2.45) is 5.92 Å². The van der Waals surface area contributed by atoms with Crippen molar-refractivity contribution in [3.05, 3.63) is 52.0 Å². The van der Waals surface area contributed by atoms with Crippen LogP contribution in [0.1, 0.15) is 29.6 Å². The largest absolute Gasteiger partial charge is 0.458 e. The highest BCUT2D eigenvalue weighted by Crippen LogP contribution is 2.33. The number of ether oxygens (including phenoxy) is 1. The van der Waals surface area contributed by atoms with Crippen molar-refractivity contribution in [2.45, 2.75) is 31.4 Å². The van der Waals surface area contributed by atoms with Gasteiger partial charge in [0.05, 0.1) is 5.56 Å². The third-order valence-electron chi connectivity index (χ3n) is 5.59. The van der Waals surface area contributed by atoms with Crippen molar-refractivity contribution in [3.63, 3.8) is 0 Å². The fraction of sp³-hybridized carbons (Fsp3) is 0.333. The molecule has 152 valence electrons. The summed E-state index contributed by atoms with van der Waals surface area (Å²) in [6, 6.07) is 10.8. The van der Waals surface area contributed by atoms with Crippen LogP contribution < -0.4 is 5.32 Å². The number of halogens is 3. The molecule has 0 spiro atoms. The molecule has 3 heterocycles. The molecule has 2 aromatic carbocycles. The van der Waals surface area contributed by atoms with E-state index in [1.807, 2.05) is 0 Å². The van der Waals surface area contributed by atoms with Gasteiger partial charge < -0.3 is 14.5 Å². The number of carbonyl (C=O) groups excluding carboxylic acids is 1. The molecule has 1 N–H and O–H groups in total. The Balaban J connectivity index is 0.00000205. The minimum atomic E-state index is -0.316. The Morgan fingerprint density at radius 2 is 1.93 bits per heavy atom. The molecule has 6 rings (SSSR count). The Labute approximate surface area is 184 Å². The van der Waals surface area contributed by atoms with Crippen LogP contribution >= 0.6 is 35.6 Å². The number of oxazole rings is 1. The molecule has 1 aliphatic carbocycles. The van der Waals surface area contributed by atoms with Gasteiger partial charge in [-0.05, 0) is 49.2 Å². The van der Waals surface area contributed by atoms with Gasteiger partial charge in [0.1, 0.15) is 11.6 Å². The lowest BCUT2D eigenvalue weighted by molar-refractivity contribution is -0.0188. The van der Waals surface area contributed by atoms with Crippen molar-refractivity contribution >= 4 is 52.7 Å². The highest BCUT2D eigenvalue weighted by atomic mass is 35.5. The Kier molecular flexibility index (Phi) is 5.76. The SMILES string of the molecule is Cl.O=C(OC1CC2CCC1CN2)c1ccc2nc(-c3cc(Cl)cc(Cl)c3)oc2c1. The van der Waals surface area contributed by atoms with Gasteiger partial charge in [-0.2, -0.15) is 0 Å². The molecule has 3 atom stereocenters. The number of piperidine rings is 2. The molecule has 3 aliphatic rings. The molecule has 2 saturated heterocycles. The van der Waals surface area contributed by atoms with E-state index < -0.39 is 0 Å². The van der Waals surface area contributed by atoms with Gasteiger partial charge in [0.15, 0.2) is 5.58 Å². The molecular weight excluding hydrogens is 435 g/mol. The van der Waals surface area contributed by atoms with E-state index in [2.05, 4.69) is 10.3 Å². The first-order chi connectivity index (χ1) is 13.5. The summed E-state index contributed by atoms with van der Waals surface area (Å²) in [5, 5.41) is 4.49. The molecular formula is C21H19Cl3N2O3. The lowest BCUT2D eigenvalue weighted by Gasteiger charge is -2.42. The summed E-state index contributed by atoms with van der Waals surface area (Å²) < 4.78 is 11.7. The predicted molar refractivity (Wildman–Crippen MR) is 115 cm³/mol. The second kappa shape index (κ2) is 8.15. The van der Waals surface area contributed by atoms with Crippen LogP contribution in [0.4, 0.5) is 0 Å². The van der Waals surface area contributed by atoms with Gasteiger partial charge >= 0.3 is 5.97 Å². The van der Waals surface area contributed by atoms with Crippen LogP contribution in [-0.4, -0.2) is 29.6 Å². The second-order valence-electron chi connectivity index (χ2n) is 7.48. The summed E-state index contributed by atoms with van der Waals surface area (Å²) >= 11 is 12.1. The maximum atomic E-state index is 12.7. The molecule has 5 nitrogen and oxygen atoms in total. The minimum Gasteiger partial charge on any atom is -0.458 e. The van der Waals surface area contributed by atoms with Crippen LogP contribution in [-0.2, 0) is 4.74 Å². The molecule has 8 heteroatoms. The Hall–Kier alpha value is -1.79. The van der Waals surface area contributed by atoms with Crippen LogP contribution in [0.2, 0.25) is 10.0 Å². The Morgan fingerprint density at radius 3 is 2.59 bits per heavy atom. The molecule has 0 radical (unpaired) electrons. The standard InChI is InChI=1S/C21H18Cl2N2O3.ClH/c22-14-5-13(6-15(23)8-14)20-25-17-4-2-11(7-19(17)27-20)21(26)28-18-9-16-3-1-12(18)10-24-16;/h2,4-8,12,16,18,24H,1,3,9-10H2;1H. The highest BCUT2D eigenvalue weighted by molar-refractivity contribution is 6.35. The lowest BCUT2D eigenvalue weighted by Crippen LogP contribution is -2.52. The summed E-state index contributed by atoms with van der Waals surface area (Å²) in [6.07, 6.45) is 3.16. The minimum absolute atomic E-state index is 0. The van der Waals surface area contributed by atoms with Crippen molar-refractivity contribution in [1.29, 1.82) is 0 Å². The monoisotopic (exact) mass is 452 g/mol. The molecule has 2 bridgehead atoms. The molecule has 1 saturated carbocycles. The third kappa shape index (κ3) is 4.10. The van der Waals surface area contributed by atoms with E-state index in [0.717, 1.165) is 19.4 Å². The molecule has 1 aromatic heterocycles. The molecule has 3 fully saturated rings. The van der Waals surface area contributed by atoms with Crippen LogP contribution in [0.5, 0.6) is 0 Å². The van der Waals surface area contributed by atoms with E-state index in [0.29, 0.717) is 50.1 Å². The molecule has 3 aromatic rings. The molecule has 2 aliphatic heterocycles. The van der Waals surface area contributed by atoms with Gasteiger partial charge in [-0.15, -0.1) is 12.4 Å². The number of aromatic nitrogens is 1. The number of fused-ring (bicyclic) bond motifs is 4. The first-order valence-electron chi connectivity index (χ1n) is 9.36. The number of nitrogens with one attached hydrogen (secondary N) is 1. The van der Waals surface area contributed by atoms with Crippen LogP contribution in [0.3, 0.4) is 0 Å². The maximum Gasteiger partial charge on any atom is 0.338 e. The normalized spacial score (nSPS) is 23.0. The summed E-state index contributed by atoms with van der Waals surface area (Å²) in [5.41, 5.74) is 2.33. The molecule has 29 heavy (non-hydrogen) atoms. The van der Waals surface area contributed by atoms with E-state index in [1.54, 1.807) is 36.4 Å². The molecule has 0 amide bonds. The van der Waals surface area contributed by atoms with Crippen molar-refractivity contribution in [2.75, 3.05) is 6.54 Å². The summed E-state index contributed by atoms with van der Waals surface area (Å²) in [4.78, 5) is 17.1. The Morgan fingerprint density at radius 1 is 1.14 bits per heavy atom. The van der Waals surface area contributed by atoms with E-state index >= 15 is 0 Å². The quantitative estimate of drug-likeness (QED) is 0.529. The van der Waals surface area contributed by atoms with Crippen LogP contribution in [0.15, 0.2) is 40.8 Å². The van der Waals surface area contributed by atoms with Crippen LogP contribution in [0.25, 0.3) is 22.6 Å². The smallest absolute Gasteiger partial charge is 0.338 e. The zero-order valence-corrected chi connectivity index (χ0v) is 17.7. The number of hydrogen-bond donors (Lipinski definition) is 1. The van der Waals surface area contributed by atoms with Gasteiger partial charge in [-0.1, -0.05) is 23.2 Å². The number of carbonyl (C=O) groups is 1. The van der Waals surface area contributed by atoms with E-state index in [-0.39, 0.29) is 24.5 Å². The lowest BCUT2D eigenvalue weighted by atomic mass is 9.79. The van der Waals surface area contributed by atoms with E-state index in [9.17, 15) is 4.79 Å². The topological polar surface area (TPSA) is 64.4 Å². The summed E-state index contributed by atoms with van der Waals surface area (Å²) in [5.74, 6) is 0.492. The van der Waals surface area contributed by atoms with Crippen molar-refractivity contribution in [3.8, 4) is 11.5 Å². The van der Waals surface area contributed by atoms with E-state index in [1.165, 1.54) is 6.42 Å². The number of esters is 1. The van der Waals surface area contributed by atoms with Gasteiger partial charge in [0, 0.05) is 40.5 Å². The molecule has 3 unspecified atom stereocenters. The average molecular weight is 454 g/mol. The fourth-order valence-electron chi connectivity index (χ4n) is 4.13. The fourth-order valence-corrected chi connectivity index (χ4v) is 4.66. The number of benzene rings is 2. The zero-order chi connectivity index (χ0) is 19.3. The van der Waals surface area contributed by atoms with Crippen LogP contribution in [0, 0.1) is 5.92 Å². The predicted octanol–water partition coefficient (Wildman–Crippen LogP) is 5.52.